The Labute approximate surface area is 101 Å². The Morgan fingerprint density at radius 1 is 1.50 bits per heavy atom. The average molecular weight is 242 g/mol. The van der Waals surface area contributed by atoms with E-state index in [1.165, 1.54) is 18.9 Å². The van der Waals surface area contributed by atoms with Crippen molar-refractivity contribution in [2.45, 2.75) is 31.7 Å². The van der Waals surface area contributed by atoms with Crippen LogP contribution in [0.1, 0.15) is 24.8 Å². The lowest BCUT2D eigenvalue weighted by atomic mass is 10.0. The number of hydrogen-bond acceptors (Lipinski definition) is 1. The second-order valence-electron chi connectivity index (χ2n) is 4.60. The quantitative estimate of drug-likeness (QED) is 0.833. The first-order valence-corrected chi connectivity index (χ1v) is 6.18. The third-order valence-electron chi connectivity index (χ3n) is 3.20. The van der Waals surface area contributed by atoms with Gasteiger partial charge in [0, 0.05) is 11.1 Å². The highest BCUT2D eigenvalue weighted by Crippen LogP contribution is 2.34. The summed E-state index contributed by atoms with van der Waals surface area (Å²) in [7, 11) is 1.94. The molecule has 0 amide bonds. The number of hydrogen-bond donors (Lipinski definition) is 1. The molecule has 1 nitrogen and oxygen atoms in total. The molecule has 1 saturated carbocycles. The summed E-state index contributed by atoms with van der Waals surface area (Å²) in [6, 6.07) is 5.13. The van der Waals surface area contributed by atoms with Crippen LogP contribution in [-0.2, 0) is 6.42 Å². The fourth-order valence-corrected chi connectivity index (χ4v) is 2.22. The summed E-state index contributed by atoms with van der Waals surface area (Å²) in [5, 5.41) is 3.87. The lowest BCUT2D eigenvalue weighted by Gasteiger charge is -2.16. The minimum atomic E-state index is -0.152. The largest absolute Gasteiger partial charge is 0.317 e. The first-order chi connectivity index (χ1) is 7.69. The maximum absolute atomic E-state index is 13.5. The third-order valence-corrected chi connectivity index (χ3v) is 3.43. The molecule has 1 aromatic rings. The van der Waals surface area contributed by atoms with Crippen molar-refractivity contribution in [1.82, 2.24) is 5.32 Å². The number of nitrogens with one attached hydrogen (secondary N) is 1. The second kappa shape index (κ2) is 5.15. The smallest absolute Gasteiger partial charge is 0.126 e. The number of halogens is 2. The van der Waals surface area contributed by atoms with Gasteiger partial charge in [-0.25, -0.2) is 4.39 Å². The van der Waals surface area contributed by atoms with Crippen LogP contribution in [0.5, 0.6) is 0 Å². The van der Waals surface area contributed by atoms with Crippen molar-refractivity contribution < 1.29 is 4.39 Å². The van der Waals surface area contributed by atoms with E-state index in [4.69, 9.17) is 11.6 Å². The highest BCUT2D eigenvalue weighted by atomic mass is 35.5. The normalized spacial score (nSPS) is 17.4. The van der Waals surface area contributed by atoms with Crippen molar-refractivity contribution in [2.75, 3.05) is 7.05 Å². The number of likely N-dealkylation sites (N-methyl/N-ethyl adjacent to an activating group) is 1. The Kier molecular flexibility index (Phi) is 3.82. The Bertz CT molecular complexity index is 363. The van der Waals surface area contributed by atoms with Crippen LogP contribution in [0.4, 0.5) is 4.39 Å². The van der Waals surface area contributed by atoms with Gasteiger partial charge in [-0.1, -0.05) is 24.4 Å². The topological polar surface area (TPSA) is 12.0 Å². The molecule has 1 aliphatic carbocycles. The monoisotopic (exact) mass is 241 g/mol. The van der Waals surface area contributed by atoms with Gasteiger partial charge >= 0.3 is 0 Å². The fraction of sp³-hybridized carbons (Fsp3) is 0.538. The SMILES string of the molecule is CNC(Cc1cc(Cl)ccc1F)CC1CC1. The van der Waals surface area contributed by atoms with Crippen LogP contribution < -0.4 is 5.32 Å². The summed E-state index contributed by atoms with van der Waals surface area (Å²) in [6.07, 6.45) is 4.52. The molecule has 2 rings (SSSR count). The van der Waals surface area contributed by atoms with Crippen LogP contribution in [0.2, 0.25) is 5.02 Å². The summed E-state index contributed by atoms with van der Waals surface area (Å²) in [6.45, 7) is 0. The van der Waals surface area contributed by atoms with Gasteiger partial charge < -0.3 is 5.32 Å². The molecule has 0 bridgehead atoms. The van der Waals surface area contributed by atoms with Crippen molar-refractivity contribution in [3.63, 3.8) is 0 Å². The highest BCUT2D eigenvalue weighted by molar-refractivity contribution is 6.30. The van der Waals surface area contributed by atoms with Gasteiger partial charge in [-0.3, -0.25) is 0 Å². The zero-order valence-corrected chi connectivity index (χ0v) is 10.2. The Hall–Kier alpha value is -0.600. The van der Waals surface area contributed by atoms with Crippen LogP contribution in [0.25, 0.3) is 0 Å². The van der Waals surface area contributed by atoms with Crippen molar-refractivity contribution in [3.05, 3.63) is 34.6 Å². The summed E-state index contributed by atoms with van der Waals surface area (Å²) >= 11 is 5.87. The molecule has 0 radical (unpaired) electrons. The van der Waals surface area contributed by atoms with Crippen LogP contribution in [0.15, 0.2) is 18.2 Å². The van der Waals surface area contributed by atoms with Crippen LogP contribution in [0.3, 0.4) is 0 Å². The van der Waals surface area contributed by atoms with E-state index in [2.05, 4.69) is 5.32 Å². The molecule has 1 aliphatic rings. The Balaban J connectivity index is 2.01. The van der Waals surface area contributed by atoms with Gasteiger partial charge in [-0.2, -0.15) is 0 Å². The molecule has 0 aromatic heterocycles. The molecule has 88 valence electrons. The predicted molar refractivity (Wildman–Crippen MR) is 65.3 cm³/mol. The molecule has 0 saturated heterocycles. The van der Waals surface area contributed by atoms with E-state index in [1.807, 2.05) is 7.05 Å². The molecule has 1 N–H and O–H groups in total. The van der Waals surface area contributed by atoms with Crippen LogP contribution in [-0.4, -0.2) is 13.1 Å². The highest BCUT2D eigenvalue weighted by Gasteiger charge is 2.25. The van der Waals surface area contributed by atoms with Crippen LogP contribution >= 0.6 is 11.6 Å². The maximum Gasteiger partial charge on any atom is 0.126 e. The molecule has 1 unspecified atom stereocenters. The maximum atomic E-state index is 13.5. The zero-order valence-electron chi connectivity index (χ0n) is 9.47. The summed E-state index contributed by atoms with van der Waals surface area (Å²) in [5.41, 5.74) is 0.715. The molecule has 1 atom stereocenters. The van der Waals surface area contributed by atoms with Crippen molar-refractivity contribution >= 4 is 11.6 Å². The Morgan fingerprint density at radius 2 is 2.25 bits per heavy atom. The summed E-state index contributed by atoms with van der Waals surface area (Å²) in [5.74, 6) is 0.695. The van der Waals surface area contributed by atoms with Gasteiger partial charge in [0.05, 0.1) is 0 Å². The molecule has 3 heteroatoms. The minimum absolute atomic E-state index is 0.152. The van der Waals surface area contributed by atoms with E-state index in [9.17, 15) is 4.39 Å². The third kappa shape index (κ3) is 3.19. The average Bonchev–Trinajstić information content (AvgIpc) is 3.06. The molecular formula is C13H17ClFN. The van der Waals surface area contributed by atoms with E-state index in [-0.39, 0.29) is 5.82 Å². The van der Waals surface area contributed by atoms with Gasteiger partial charge in [-0.15, -0.1) is 0 Å². The lowest BCUT2D eigenvalue weighted by molar-refractivity contribution is 0.479. The minimum Gasteiger partial charge on any atom is -0.317 e. The zero-order chi connectivity index (χ0) is 11.5. The van der Waals surface area contributed by atoms with E-state index >= 15 is 0 Å². The van der Waals surface area contributed by atoms with E-state index in [1.54, 1.807) is 12.1 Å². The van der Waals surface area contributed by atoms with Crippen molar-refractivity contribution in [3.8, 4) is 0 Å². The van der Waals surface area contributed by atoms with Crippen LogP contribution in [0, 0.1) is 11.7 Å². The summed E-state index contributed by atoms with van der Waals surface area (Å²) in [4.78, 5) is 0. The van der Waals surface area contributed by atoms with Gasteiger partial charge in [0.15, 0.2) is 0 Å². The standard InChI is InChI=1S/C13H17ClFN/c1-16-12(6-9-2-3-9)8-10-7-11(14)4-5-13(10)15/h4-5,7,9,12,16H,2-3,6,8H2,1H3. The number of benzene rings is 1. The van der Waals surface area contributed by atoms with Crippen molar-refractivity contribution in [2.24, 2.45) is 5.92 Å². The fourth-order valence-electron chi connectivity index (χ4n) is 2.02. The van der Waals surface area contributed by atoms with E-state index in [0.29, 0.717) is 16.6 Å². The lowest BCUT2D eigenvalue weighted by Crippen LogP contribution is -2.28. The molecule has 0 aliphatic heterocycles. The molecule has 0 heterocycles. The van der Waals surface area contributed by atoms with E-state index in [0.717, 1.165) is 18.8 Å². The molecule has 1 fully saturated rings. The molecular weight excluding hydrogens is 225 g/mol. The molecule has 1 aromatic carbocycles. The van der Waals surface area contributed by atoms with Crippen molar-refractivity contribution in [1.29, 1.82) is 0 Å². The van der Waals surface area contributed by atoms with Gasteiger partial charge in [0.25, 0.3) is 0 Å². The number of rotatable bonds is 5. The second-order valence-corrected chi connectivity index (χ2v) is 5.04. The first kappa shape index (κ1) is 11.9. The molecule has 0 spiro atoms. The predicted octanol–water partition coefficient (Wildman–Crippen LogP) is 3.41. The van der Waals surface area contributed by atoms with Gasteiger partial charge in [0.2, 0.25) is 0 Å². The van der Waals surface area contributed by atoms with Gasteiger partial charge in [0.1, 0.15) is 5.82 Å². The Morgan fingerprint density at radius 3 is 2.88 bits per heavy atom. The van der Waals surface area contributed by atoms with Gasteiger partial charge in [-0.05, 0) is 49.6 Å². The molecule has 16 heavy (non-hydrogen) atoms. The summed E-state index contributed by atoms with van der Waals surface area (Å²) < 4.78 is 13.5. The first-order valence-electron chi connectivity index (χ1n) is 5.80. The van der Waals surface area contributed by atoms with E-state index < -0.39 is 0 Å².